The largest absolute Gasteiger partial charge is 0.449 e. The van der Waals surface area contributed by atoms with Crippen LogP contribution in [0.3, 0.4) is 0 Å². The fraction of sp³-hybridized carbons (Fsp3) is 0.395. The molecule has 6 rings (SSSR count). The third-order valence-corrected chi connectivity index (χ3v) is 9.43. The van der Waals surface area contributed by atoms with E-state index in [1.807, 2.05) is 48.5 Å². The molecule has 4 aromatic carbocycles. The number of carbonyl (C=O) groups is 2. The maximum Gasteiger partial charge on any atom is 0.407 e. The van der Waals surface area contributed by atoms with Crippen molar-refractivity contribution < 1.29 is 42.7 Å². The van der Waals surface area contributed by atoms with Gasteiger partial charge in [0, 0.05) is 31.5 Å². The molecule has 0 heterocycles. The summed E-state index contributed by atoms with van der Waals surface area (Å²) in [5.41, 5.74) is 9.56. The highest BCUT2D eigenvalue weighted by Crippen LogP contribution is 2.45. The number of ether oxygens (including phenoxy) is 7. The van der Waals surface area contributed by atoms with E-state index >= 15 is 0 Å². The summed E-state index contributed by atoms with van der Waals surface area (Å²) in [4.78, 5) is 24.5. The molecule has 0 spiro atoms. The monoisotopic (exact) mass is 738 g/mol. The molecule has 0 fully saturated rings. The minimum atomic E-state index is -0.455. The van der Waals surface area contributed by atoms with Crippen LogP contribution in [0.4, 0.5) is 9.59 Å². The Morgan fingerprint density at radius 3 is 1.11 bits per heavy atom. The molecule has 4 aromatic rings. The van der Waals surface area contributed by atoms with E-state index < -0.39 is 12.2 Å². The van der Waals surface area contributed by atoms with Crippen LogP contribution in [0.25, 0.3) is 22.3 Å². The van der Waals surface area contributed by atoms with Crippen LogP contribution in [0.5, 0.6) is 0 Å². The van der Waals surface area contributed by atoms with Crippen molar-refractivity contribution >= 4 is 12.2 Å². The molecule has 54 heavy (non-hydrogen) atoms. The predicted octanol–water partition coefficient (Wildman–Crippen LogP) is 6.54. The van der Waals surface area contributed by atoms with Crippen LogP contribution >= 0.6 is 0 Å². The standard InChI is InChI=1S/C43H50N2O9/c46-42(53-30-40-36-14-5-1-10-32(36)33-11-2-6-15-37(33)40)44-18-9-20-48-22-24-50-26-28-52-29-27-51-25-23-49-21-19-45-43(47)54-31-41-38-16-7-3-12-34(38)35-13-4-8-17-39(35)41/h1-8,10-17,40-41H,9,18-31H2,(H,44,46)(H,45,47). The van der Waals surface area contributed by atoms with Crippen LogP contribution in [-0.2, 0) is 33.2 Å². The second-order valence-corrected chi connectivity index (χ2v) is 12.9. The summed E-state index contributed by atoms with van der Waals surface area (Å²) in [5, 5.41) is 5.55. The molecule has 0 aromatic heterocycles. The highest BCUT2D eigenvalue weighted by molar-refractivity contribution is 5.80. The molecular weight excluding hydrogens is 688 g/mol. The van der Waals surface area contributed by atoms with Crippen molar-refractivity contribution in [1.82, 2.24) is 10.6 Å². The van der Waals surface area contributed by atoms with Crippen molar-refractivity contribution in [2.24, 2.45) is 0 Å². The Morgan fingerprint density at radius 2 is 0.722 bits per heavy atom. The number of amides is 2. The predicted molar refractivity (Wildman–Crippen MR) is 205 cm³/mol. The van der Waals surface area contributed by atoms with Crippen LogP contribution in [-0.4, -0.2) is 105 Å². The average Bonchev–Trinajstić information content (AvgIpc) is 3.70. The Kier molecular flexibility index (Phi) is 15.3. The van der Waals surface area contributed by atoms with Gasteiger partial charge < -0.3 is 43.8 Å². The maximum absolute atomic E-state index is 12.3. The fourth-order valence-electron chi connectivity index (χ4n) is 6.87. The number of hydrogen-bond acceptors (Lipinski definition) is 9. The fourth-order valence-corrected chi connectivity index (χ4v) is 6.87. The van der Waals surface area contributed by atoms with Crippen molar-refractivity contribution in [3.05, 3.63) is 119 Å². The summed E-state index contributed by atoms with van der Waals surface area (Å²) >= 11 is 0. The molecular formula is C43H50N2O9. The van der Waals surface area contributed by atoms with Gasteiger partial charge in [0.25, 0.3) is 0 Å². The Hall–Kier alpha value is -4.78. The highest BCUT2D eigenvalue weighted by atomic mass is 16.6. The van der Waals surface area contributed by atoms with E-state index in [1.54, 1.807) is 0 Å². The number of fused-ring (bicyclic) bond motifs is 6. The SMILES string of the molecule is O=C(NCCCOCCOCCOCCOCCOCCNC(=O)OCC1c2ccccc2-c2ccccc21)OCC1c2ccccc2-c2ccccc21. The van der Waals surface area contributed by atoms with Gasteiger partial charge in [0.2, 0.25) is 0 Å². The van der Waals surface area contributed by atoms with Crippen LogP contribution in [0, 0.1) is 0 Å². The first-order valence-corrected chi connectivity index (χ1v) is 18.8. The number of alkyl carbamates (subject to hydrolysis) is 2. The van der Waals surface area contributed by atoms with Gasteiger partial charge in [0.05, 0.1) is 59.5 Å². The summed E-state index contributed by atoms with van der Waals surface area (Å²) in [6.45, 7) is 5.91. The lowest BCUT2D eigenvalue weighted by molar-refractivity contribution is -0.0109. The van der Waals surface area contributed by atoms with Gasteiger partial charge in [-0.15, -0.1) is 0 Å². The Balaban J connectivity index is 0.673. The van der Waals surface area contributed by atoms with E-state index in [2.05, 4.69) is 59.2 Å². The molecule has 11 nitrogen and oxygen atoms in total. The van der Waals surface area contributed by atoms with E-state index in [1.165, 1.54) is 44.5 Å². The van der Waals surface area contributed by atoms with Crippen molar-refractivity contribution in [1.29, 1.82) is 0 Å². The zero-order valence-corrected chi connectivity index (χ0v) is 30.7. The Morgan fingerprint density at radius 1 is 0.407 bits per heavy atom. The number of hydrogen-bond donors (Lipinski definition) is 2. The van der Waals surface area contributed by atoms with Gasteiger partial charge in [-0.25, -0.2) is 9.59 Å². The summed E-state index contributed by atoms with van der Waals surface area (Å²) in [6.07, 6.45) is -0.198. The van der Waals surface area contributed by atoms with Gasteiger partial charge in [-0.3, -0.25) is 0 Å². The summed E-state index contributed by atoms with van der Waals surface area (Å²) in [7, 11) is 0. The van der Waals surface area contributed by atoms with Crippen molar-refractivity contribution in [3.8, 4) is 22.3 Å². The Labute approximate surface area is 317 Å². The van der Waals surface area contributed by atoms with Crippen molar-refractivity contribution in [3.63, 3.8) is 0 Å². The van der Waals surface area contributed by atoms with Gasteiger partial charge in [-0.05, 0) is 50.9 Å². The molecule has 2 aliphatic carbocycles. The molecule has 0 saturated carbocycles. The first-order chi connectivity index (χ1) is 26.7. The minimum Gasteiger partial charge on any atom is -0.449 e. The van der Waals surface area contributed by atoms with Crippen LogP contribution in [0.15, 0.2) is 97.1 Å². The molecule has 0 radical (unpaired) electrons. The van der Waals surface area contributed by atoms with E-state index in [0.29, 0.717) is 92.2 Å². The van der Waals surface area contributed by atoms with E-state index in [9.17, 15) is 9.59 Å². The summed E-state index contributed by atoms with van der Waals surface area (Å²) < 4.78 is 38.8. The molecule has 0 aliphatic heterocycles. The van der Waals surface area contributed by atoms with E-state index in [4.69, 9.17) is 33.2 Å². The normalized spacial score (nSPS) is 12.8. The molecule has 286 valence electrons. The quantitative estimate of drug-likeness (QED) is 0.0818. The van der Waals surface area contributed by atoms with Crippen molar-refractivity contribution in [2.45, 2.75) is 18.3 Å². The third kappa shape index (κ3) is 10.9. The van der Waals surface area contributed by atoms with E-state index in [-0.39, 0.29) is 18.4 Å². The number of benzene rings is 4. The number of nitrogens with one attached hydrogen (secondary N) is 2. The second-order valence-electron chi connectivity index (χ2n) is 12.9. The lowest BCUT2D eigenvalue weighted by atomic mass is 9.98. The summed E-state index contributed by atoms with van der Waals surface area (Å²) in [5.74, 6) is 0.0785. The molecule has 0 atom stereocenters. The molecule has 0 unspecified atom stereocenters. The minimum absolute atomic E-state index is 0.0334. The van der Waals surface area contributed by atoms with Gasteiger partial charge in [0.1, 0.15) is 13.2 Å². The first-order valence-electron chi connectivity index (χ1n) is 18.8. The second kappa shape index (κ2) is 21.2. The van der Waals surface area contributed by atoms with Crippen LogP contribution in [0.1, 0.15) is 40.5 Å². The third-order valence-electron chi connectivity index (χ3n) is 9.43. The Bertz CT molecular complexity index is 1560. The first kappa shape index (κ1) is 38.9. The molecule has 2 amide bonds. The number of carbonyl (C=O) groups excluding carboxylic acids is 2. The topological polar surface area (TPSA) is 123 Å². The highest BCUT2D eigenvalue weighted by Gasteiger charge is 2.30. The molecule has 2 aliphatic rings. The lowest BCUT2D eigenvalue weighted by Crippen LogP contribution is -2.29. The van der Waals surface area contributed by atoms with Gasteiger partial charge in [-0.1, -0.05) is 97.1 Å². The van der Waals surface area contributed by atoms with Crippen LogP contribution in [0.2, 0.25) is 0 Å². The average molecular weight is 739 g/mol. The van der Waals surface area contributed by atoms with Gasteiger partial charge in [-0.2, -0.15) is 0 Å². The molecule has 0 saturated heterocycles. The zero-order chi connectivity index (χ0) is 37.2. The van der Waals surface area contributed by atoms with Gasteiger partial charge in [0.15, 0.2) is 0 Å². The molecule has 2 N–H and O–H groups in total. The van der Waals surface area contributed by atoms with Crippen molar-refractivity contribution in [2.75, 3.05) is 92.4 Å². The smallest absolute Gasteiger partial charge is 0.407 e. The summed E-state index contributed by atoms with van der Waals surface area (Å²) in [6, 6.07) is 33.1. The number of rotatable bonds is 23. The van der Waals surface area contributed by atoms with E-state index in [0.717, 1.165) is 0 Å². The maximum atomic E-state index is 12.3. The lowest BCUT2D eigenvalue weighted by Gasteiger charge is -2.14. The van der Waals surface area contributed by atoms with Gasteiger partial charge >= 0.3 is 12.2 Å². The zero-order valence-electron chi connectivity index (χ0n) is 30.7. The van der Waals surface area contributed by atoms with Crippen LogP contribution < -0.4 is 10.6 Å². The molecule has 0 bridgehead atoms. The molecule has 11 heteroatoms.